The van der Waals surface area contributed by atoms with Crippen LogP contribution in [0.1, 0.15) is 11.1 Å². The molecule has 2 aromatic rings. The molecular weight excluding hydrogens is 282 g/mol. The summed E-state index contributed by atoms with van der Waals surface area (Å²) in [7, 11) is 0. The Morgan fingerprint density at radius 3 is 2.45 bits per heavy atom. The second-order valence-corrected chi connectivity index (χ2v) is 4.89. The number of nitro benzene ring substituents is 1. The van der Waals surface area contributed by atoms with Gasteiger partial charge in [0.1, 0.15) is 18.2 Å². The summed E-state index contributed by atoms with van der Waals surface area (Å²) in [5.41, 5.74) is 2.01. The molecule has 0 aliphatic carbocycles. The Balaban J connectivity index is 1.60. The molecule has 0 fully saturated rings. The number of amidine groups is 1. The molecule has 2 aromatic carbocycles. The SMILES string of the molecule is O=[N+]([O-])c1ccc(COc2ccc(C3=NCCN3)cc2)cc1. The zero-order chi connectivity index (χ0) is 15.4. The largest absolute Gasteiger partial charge is 0.489 e. The van der Waals surface area contributed by atoms with Gasteiger partial charge in [0, 0.05) is 24.2 Å². The number of benzene rings is 2. The van der Waals surface area contributed by atoms with Crippen molar-refractivity contribution in [2.45, 2.75) is 6.61 Å². The monoisotopic (exact) mass is 297 g/mol. The van der Waals surface area contributed by atoms with E-state index in [9.17, 15) is 10.1 Å². The predicted molar refractivity (Wildman–Crippen MR) is 83.3 cm³/mol. The molecule has 0 aromatic heterocycles. The number of nitro groups is 1. The fraction of sp³-hybridized carbons (Fsp3) is 0.188. The van der Waals surface area contributed by atoms with Gasteiger partial charge in [-0.1, -0.05) is 0 Å². The lowest BCUT2D eigenvalue weighted by atomic mass is 10.2. The molecule has 0 spiro atoms. The van der Waals surface area contributed by atoms with Crippen LogP contribution in [0.2, 0.25) is 0 Å². The molecule has 22 heavy (non-hydrogen) atoms. The molecule has 6 heteroatoms. The fourth-order valence-electron chi connectivity index (χ4n) is 2.18. The molecular formula is C16H15N3O3. The van der Waals surface area contributed by atoms with Gasteiger partial charge >= 0.3 is 0 Å². The average molecular weight is 297 g/mol. The molecule has 0 atom stereocenters. The molecule has 0 saturated carbocycles. The summed E-state index contributed by atoms with van der Waals surface area (Å²) >= 11 is 0. The van der Waals surface area contributed by atoms with Crippen molar-refractivity contribution >= 4 is 11.5 Å². The van der Waals surface area contributed by atoms with E-state index in [4.69, 9.17) is 4.74 Å². The zero-order valence-electron chi connectivity index (χ0n) is 11.9. The van der Waals surface area contributed by atoms with Crippen molar-refractivity contribution in [2.24, 2.45) is 4.99 Å². The summed E-state index contributed by atoms with van der Waals surface area (Å²) in [6, 6.07) is 14.1. The van der Waals surface area contributed by atoms with E-state index in [1.807, 2.05) is 24.3 Å². The van der Waals surface area contributed by atoms with Crippen molar-refractivity contribution in [1.82, 2.24) is 5.32 Å². The molecule has 112 valence electrons. The third kappa shape index (κ3) is 3.22. The van der Waals surface area contributed by atoms with Gasteiger partial charge in [-0.2, -0.15) is 0 Å². The maximum atomic E-state index is 10.6. The maximum Gasteiger partial charge on any atom is 0.269 e. The molecule has 1 aliphatic heterocycles. The standard InChI is InChI=1S/C16H15N3O3/c20-19(21)14-5-1-12(2-6-14)11-22-15-7-3-13(4-8-15)16-17-9-10-18-16/h1-8H,9-11H2,(H,17,18). The topological polar surface area (TPSA) is 76.8 Å². The molecule has 3 rings (SSSR count). The lowest BCUT2D eigenvalue weighted by Crippen LogP contribution is -2.19. The van der Waals surface area contributed by atoms with E-state index in [2.05, 4.69) is 10.3 Å². The quantitative estimate of drug-likeness (QED) is 0.679. The van der Waals surface area contributed by atoms with E-state index < -0.39 is 4.92 Å². The van der Waals surface area contributed by atoms with E-state index >= 15 is 0 Å². The van der Waals surface area contributed by atoms with Gasteiger partial charge in [-0.3, -0.25) is 15.1 Å². The maximum absolute atomic E-state index is 10.6. The van der Waals surface area contributed by atoms with Crippen LogP contribution in [0.4, 0.5) is 5.69 Å². The van der Waals surface area contributed by atoms with Crippen LogP contribution < -0.4 is 10.1 Å². The lowest BCUT2D eigenvalue weighted by Gasteiger charge is -2.07. The number of rotatable bonds is 5. The Morgan fingerprint density at radius 1 is 1.14 bits per heavy atom. The third-order valence-electron chi connectivity index (χ3n) is 3.35. The first-order valence-electron chi connectivity index (χ1n) is 6.97. The van der Waals surface area contributed by atoms with Crippen molar-refractivity contribution in [3.8, 4) is 5.75 Å². The van der Waals surface area contributed by atoms with Crippen LogP contribution in [0.25, 0.3) is 0 Å². The summed E-state index contributed by atoms with van der Waals surface area (Å²) in [6.45, 7) is 2.07. The summed E-state index contributed by atoms with van der Waals surface area (Å²) in [4.78, 5) is 14.5. The normalized spacial score (nSPS) is 13.4. The first-order chi connectivity index (χ1) is 10.7. The second-order valence-electron chi connectivity index (χ2n) is 4.89. The molecule has 1 heterocycles. The van der Waals surface area contributed by atoms with Gasteiger partial charge in [0.15, 0.2) is 0 Å². The van der Waals surface area contributed by atoms with Gasteiger partial charge < -0.3 is 10.1 Å². The molecule has 0 radical (unpaired) electrons. The van der Waals surface area contributed by atoms with Crippen LogP contribution in [0, 0.1) is 10.1 Å². The molecule has 6 nitrogen and oxygen atoms in total. The number of hydrogen-bond acceptors (Lipinski definition) is 5. The highest BCUT2D eigenvalue weighted by Gasteiger charge is 2.08. The minimum absolute atomic E-state index is 0.0814. The van der Waals surface area contributed by atoms with Crippen molar-refractivity contribution in [3.63, 3.8) is 0 Å². The van der Waals surface area contributed by atoms with Gasteiger partial charge in [-0.05, 0) is 42.0 Å². The van der Waals surface area contributed by atoms with Crippen molar-refractivity contribution in [3.05, 3.63) is 69.8 Å². The average Bonchev–Trinajstić information content (AvgIpc) is 3.08. The first kappa shape index (κ1) is 14.1. The highest BCUT2D eigenvalue weighted by Crippen LogP contribution is 2.17. The number of ether oxygens (including phenoxy) is 1. The van der Waals surface area contributed by atoms with E-state index in [1.54, 1.807) is 12.1 Å². The minimum atomic E-state index is -0.414. The van der Waals surface area contributed by atoms with Crippen LogP contribution in [0.15, 0.2) is 53.5 Å². The van der Waals surface area contributed by atoms with Gasteiger partial charge in [-0.25, -0.2) is 0 Å². The molecule has 0 amide bonds. The molecule has 0 saturated heterocycles. The van der Waals surface area contributed by atoms with Crippen LogP contribution >= 0.6 is 0 Å². The number of nitrogens with one attached hydrogen (secondary N) is 1. The van der Waals surface area contributed by atoms with Gasteiger partial charge in [0.2, 0.25) is 0 Å². The highest BCUT2D eigenvalue weighted by molar-refractivity contribution is 5.99. The Morgan fingerprint density at radius 2 is 1.86 bits per heavy atom. The Hall–Kier alpha value is -2.89. The van der Waals surface area contributed by atoms with E-state index in [1.165, 1.54) is 12.1 Å². The van der Waals surface area contributed by atoms with Crippen LogP contribution in [-0.4, -0.2) is 23.8 Å². The summed E-state index contributed by atoms with van der Waals surface area (Å²) in [5, 5.41) is 13.8. The number of aliphatic imine (C=N–C) groups is 1. The first-order valence-corrected chi connectivity index (χ1v) is 6.97. The van der Waals surface area contributed by atoms with Crippen molar-refractivity contribution < 1.29 is 9.66 Å². The second kappa shape index (κ2) is 6.26. The Bertz CT molecular complexity index is 694. The third-order valence-corrected chi connectivity index (χ3v) is 3.35. The summed E-state index contributed by atoms with van der Waals surface area (Å²) in [5.74, 6) is 1.67. The van der Waals surface area contributed by atoms with Crippen LogP contribution in [0.3, 0.4) is 0 Å². The molecule has 0 unspecified atom stereocenters. The number of nitrogens with zero attached hydrogens (tertiary/aromatic N) is 2. The molecule has 1 N–H and O–H groups in total. The molecule has 1 aliphatic rings. The zero-order valence-corrected chi connectivity index (χ0v) is 11.9. The number of hydrogen-bond donors (Lipinski definition) is 1. The summed E-state index contributed by atoms with van der Waals surface area (Å²) < 4.78 is 5.68. The minimum Gasteiger partial charge on any atom is -0.489 e. The lowest BCUT2D eigenvalue weighted by molar-refractivity contribution is -0.384. The summed E-state index contributed by atoms with van der Waals surface area (Å²) in [6.07, 6.45) is 0. The van der Waals surface area contributed by atoms with Crippen LogP contribution in [-0.2, 0) is 6.61 Å². The van der Waals surface area contributed by atoms with Crippen molar-refractivity contribution in [2.75, 3.05) is 13.1 Å². The van der Waals surface area contributed by atoms with Gasteiger partial charge in [0.25, 0.3) is 5.69 Å². The Labute approximate surface area is 127 Å². The van der Waals surface area contributed by atoms with E-state index in [0.717, 1.165) is 35.8 Å². The van der Waals surface area contributed by atoms with Gasteiger partial charge in [-0.15, -0.1) is 0 Å². The predicted octanol–water partition coefficient (Wildman–Crippen LogP) is 2.52. The van der Waals surface area contributed by atoms with Crippen LogP contribution in [0.5, 0.6) is 5.75 Å². The molecule has 0 bridgehead atoms. The Kier molecular flexibility index (Phi) is 4.00. The van der Waals surface area contributed by atoms with E-state index in [-0.39, 0.29) is 5.69 Å². The van der Waals surface area contributed by atoms with Gasteiger partial charge in [0.05, 0.1) is 11.5 Å². The fourth-order valence-corrected chi connectivity index (χ4v) is 2.18. The highest BCUT2D eigenvalue weighted by atomic mass is 16.6. The van der Waals surface area contributed by atoms with Crippen molar-refractivity contribution in [1.29, 1.82) is 0 Å². The van der Waals surface area contributed by atoms with E-state index in [0.29, 0.717) is 6.61 Å². The smallest absolute Gasteiger partial charge is 0.269 e. The number of non-ortho nitro benzene ring substituents is 1.